The second kappa shape index (κ2) is 8.55. The first kappa shape index (κ1) is 18.1. The van der Waals surface area contributed by atoms with Crippen molar-refractivity contribution < 1.29 is 0 Å². The van der Waals surface area contributed by atoms with Crippen LogP contribution in [0, 0.1) is 17.3 Å². The standard InChI is InChI=1S/C24H28/c1-5-10-23(19-21-11-8-7-9-12-21)22-15-13-20(14-16-22)17-18-24(3,4)6-2/h7-16H,5-6,19H2,1-4H3/b23-10+. The first-order chi connectivity index (χ1) is 11.5. The van der Waals surface area contributed by atoms with Gasteiger partial charge in [-0.05, 0) is 61.9 Å². The largest absolute Gasteiger partial charge is 0.0917 e. The molecule has 2 aromatic carbocycles. The van der Waals surface area contributed by atoms with Gasteiger partial charge in [-0.1, -0.05) is 74.2 Å². The molecule has 0 saturated heterocycles. The normalized spacial score (nSPS) is 11.8. The van der Waals surface area contributed by atoms with Gasteiger partial charge in [0.1, 0.15) is 0 Å². The molecule has 0 heterocycles. The van der Waals surface area contributed by atoms with Crippen LogP contribution in [-0.2, 0) is 6.42 Å². The molecule has 2 rings (SSSR count). The fourth-order valence-electron chi connectivity index (χ4n) is 2.45. The molecule has 0 heteroatoms. The molecule has 0 unspecified atom stereocenters. The van der Waals surface area contributed by atoms with Crippen LogP contribution >= 0.6 is 0 Å². The molecule has 0 amide bonds. The van der Waals surface area contributed by atoms with Crippen molar-refractivity contribution in [3.63, 3.8) is 0 Å². The fraction of sp³-hybridized carbons (Fsp3) is 0.333. The van der Waals surface area contributed by atoms with E-state index in [1.807, 2.05) is 0 Å². The molecule has 0 N–H and O–H groups in total. The van der Waals surface area contributed by atoms with Crippen LogP contribution in [-0.4, -0.2) is 0 Å². The zero-order chi connectivity index (χ0) is 17.4. The van der Waals surface area contributed by atoms with Crippen molar-refractivity contribution in [2.45, 2.75) is 47.0 Å². The highest BCUT2D eigenvalue weighted by atomic mass is 14.1. The number of hydrogen-bond donors (Lipinski definition) is 0. The maximum Gasteiger partial charge on any atom is 0.0259 e. The van der Waals surface area contributed by atoms with Gasteiger partial charge >= 0.3 is 0 Å². The quantitative estimate of drug-likeness (QED) is 0.551. The Kier molecular flexibility index (Phi) is 6.44. The first-order valence-electron chi connectivity index (χ1n) is 8.90. The number of allylic oxidation sites excluding steroid dienone is 2. The lowest BCUT2D eigenvalue weighted by Crippen LogP contribution is -2.05. The number of benzene rings is 2. The van der Waals surface area contributed by atoms with Crippen molar-refractivity contribution in [1.82, 2.24) is 0 Å². The van der Waals surface area contributed by atoms with Crippen LogP contribution in [0.15, 0.2) is 60.7 Å². The molecule has 2 aromatic rings. The van der Waals surface area contributed by atoms with Crippen molar-refractivity contribution in [3.8, 4) is 11.8 Å². The highest BCUT2D eigenvalue weighted by Gasteiger charge is 2.09. The molecular formula is C24H28. The third kappa shape index (κ3) is 5.43. The molecule has 124 valence electrons. The molecule has 0 saturated carbocycles. The maximum absolute atomic E-state index is 3.37. The Morgan fingerprint density at radius 1 is 0.958 bits per heavy atom. The van der Waals surface area contributed by atoms with Crippen LogP contribution in [0.3, 0.4) is 0 Å². The minimum absolute atomic E-state index is 0.0826. The van der Waals surface area contributed by atoms with Crippen LogP contribution < -0.4 is 0 Å². The zero-order valence-electron chi connectivity index (χ0n) is 15.4. The van der Waals surface area contributed by atoms with Crippen LogP contribution in [0.1, 0.15) is 57.2 Å². The van der Waals surface area contributed by atoms with Crippen molar-refractivity contribution >= 4 is 5.57 Å². The van der Waals surface area contributed by atoms with E-state index in [0.29, 0.717) is 0 Å². The lowest BCUT2D eigenvalue weighted by Gasteiger charge is -2.13. The summed E-state index contributed by atoms with van der Waals surface area (Å²) < 4.78 is 0. The molecule has 0 bridgehead atoms. The summed E-state index contributed by atoms with van der Waals surface area (Å²) in [5, 5.41) is 0. The molecule has 0 spiro atoms. The Bertz CT molecular complexity index is 719. The molecular weight excluding hydrogens is 288 g/mol. The second-order valence-corrected chi connectivity index (χ2v) is 6.86. The summed E-state index contributed by atoms with van der Waals surface area (Å²) in [6.45, 7) is 8.76. The van der Waals surface area contributed by atoms with Gasteiger partial charge in [0.15, 0.2) is 0 Å². The SMILES string of the molecule is CC/C=C(\Cc1ccccc1)c1ccc(C#CC(C)(C)CC)cc1. The van der Waals surface area contributed by atoms with E-state index in [0.717, 1.165) is 24.8 Å². The van der Waals surface area contributed by atoms with Gasteiger partial charge in [0.2, 0.25) is 0 Å². The van der Waals surface area contributed by atoms with Crippen molar-refractivity contribution in [2.75, 3.05) is 0 Å². The lowest BCUT2D eigenvalue weighted by atomic mass is 9.91. The Balaban J connectivity index is 2.19. The summed E-state index contributed by atoms with van der Waals surface area (Å²) in [6.07, 6.45) is 5.42. The lowest BCUT2D eigenvalue weighted by molar-refractivity contribution is 0.484. The fourth-order valence-corrected chi connectivity index (χ4v) is 2.45. The molecule has 0 atom stereocenters. The van der Waals surface area contributed by atoms with E-state index in [4.69, 9.17) is 0 Å². The van der Waals surface area contributed by atoms with Gasteiger partial charge in [-0.2, -0.15) is 0 Å². The van der Waals surface area contributed by atoms with E-state index < -0.39 is 0 Å². The Labute approximate surface area is 147 Å². The topological polar surface area (TPSA) is 0 Å². The Morgan fingerprint density at radius 3 is 2.21 bits per heavy atom. The molecule has 0 aliphatic carbocycles. The van der Waals surface area contributed by atoms with Gasteiger partial charge in [0.05, 0.1) is 0 Å². The highest BCUT2D eigenvalue weighted by Crippen LogP contribution is 2.22. The predicted molar refractivity (Wildman–Crippen MR) is 106 cm³/mol. The summed E-state index contributed by atoms with van der Waals surface area (Å²) in [7, 11) is 0. The predicted octanol–water partition coefficient (Wildman–Crippen LogP) is 6.51. The van der Waals surface area contributed by atoms with Crippen LogP contribution in [0.25, 0.3) is 5.57 Å². The van der Waals surface area contributed by atoms with E-state index >= 15 is 0 Å². The summed E-state index contributed by atoms with van der Waals surface area (Å²) in [5.74, 6) is 6.69. The summed E-state index contributed by atoms with van der Waals surface area (Å²) in [5.41, 5.74) is 5.21. The van der Waals surface area contributed by atoms with Crippen LogP contribution in [0.4, 0.5) is 0 Å². The average molecular weight is 316 g/mol. The van der Waals surface area contributed by atoms with E-state index in [-0.39, 0.29) is 5.41 Å². The van der Waals surface area contributed by atoms with Crippen LogP contribution in [0.5, 0.6) is 0 Å². The van der Waals surface area contributed by atoms with E-state index in [9.17, 15) is 0 Å². The van der Waals surface area contributed by atoms with Crippen molar-refractivity contribution in [3.05, 3.63) is 77.4 Å². The minimum atomic E-state index is 0.0826. The van der Waals surface area contributed by atoms with Crippen molar-refractivity contribution in [1.29, 1.82) is 0 Å². The molecule has 24 heavy (non-hydrogen) atoms. The molecule has 0 fully saturated rings. The Hall–Kier alpha value is -2.26. The zero-order valence-corrected chi connectivity index (χ0v) is 15.4. The van der Waals surface area contributed by atoms with E-state index in [2.05, 4.69) is 100 Å². The van der Waals surface area contributed by atoms with Gasteiger partial charge in [0, 0.05) is 11.0 Å². The van der Waals surface area contributed by atoms with E-state index in [1.165, 1.54) is 16.7 Å². The Morgan fingerprint density at radius 2 is 1.62 bits per heavy atom. The minimum Gasteiger partial charge on any atom is -0.0917 e. The van der Waals surface area contributed by atoms with E-state index in [1.54, 1.807) is 0 Å². The third-order valence-corrected chi connectivity index (χ3v) is 4.37. The maximum atomic E-state index is 3.37. The molecule has 0 nitrogen and oxygen atoms in total. The first-order valence-corrected chi connectivity index (χ1v) is 8.90. The molecule has 0 aliphatic heterocycles. The van der Waals surface area contributed by atoms with Crippen LogP contribution in [0.2, 0.25) is 0 Å². The summed E-state index contributed by atoms with van der Waals surface area (Å²) in [6, 6.07) is 19.3. The third-order valence-electron chi connectivity index (χ3n) is 4.37. The summed E-state index contributed by atoms with van der Waals surface area (Å²) in [4.78, 5) is 0. The smallest absolute Gasteiger partial charge is 0.0259 e. The van der Waals surface area contributed by atoms with Gasteiger partial charge < -0.3 is 0 Å². The average Bonchev–Trinajstić information content (AvgIpc) is 2.61. The number of hydrogen-bond acceptors (Lipinski definition) is 0. The monoisotopic (exact) mass is 316 g/mol. The molecule has 0 aliphatic rings. The van der Waals surface area contributed by atoms with Crippen molar-refractivity contribution in [2.24, 2.45) is 5.41 Å². The van der Waals surface area contributed by atoms with Gasteiger partial charge in [0.25, 0.3) is 0 Å². The van der Waals surface area contributed by atoms with Gasteiger partial charge in [-0.25, -0.2) is 0 Å². The molecule has 0 radical (unpaired) electrons. The van der Waals surface area contributed by atoms with Gasteiger partial charge in [-0.15, -0.1) is 0 Å². The highest BCUT2D eigenvalue weighted by molar-refractivity contribution is 5.68. The second-order valence-electron chi connectivity index (χ2n) is 6.86. The molecule has 0 aromatic heterocycles. The van der Waals surface area contributed by atoms with Gasteiger partial charge in [-0.3, -0.25) is 0 Å². The summed E-state index contributed by atoms with van der Waals surface area (Å²) >= 11 is 0. The number of rotatable bonds is 5.